The molecule has 0 aromatic rings. The average molecular weight is 253 g/mol. The number of sulfonamides is 1. The molecule has 0 saturated heterocycles. The van der Waals surface area contributed by atoms with Gasteiger partial charge in [0.15, 0.2) is 5.11 Å². The zero-order valence-corrected chi connectivity index (χ0v) is 11.2. The molecular weight excluding hydrogens is 234 g/mol. The maximum Gasteiger partial charge on any atom is 0.209 e. The van der Waals surface area contributed by atoms with Crippen molar-refractivity contribution in [2.75, 3.05) is 19.3 Å². The minimum absolute atomic E-state index is 0.436. The third kappa shape index (κ3) is 8.59. The fraction of sp³-hybridized carbons (Fsp3) is 0.875. The van der Waals surface area contributed by atoms with E-state index in [1.807, 2.05) is 6.92 Å². The monoisotopic (exact) mass is 253 g/mol. The Morgan fingerprint density at radius 2 is 1.87 bits per heavy atom. The van der Waals surface area contributed by atoms with Gasteiger partial charge in [0.25, 0.3) is 0 Å². The van der Waals surface area contributed by atoms with E-state index in [-0.39, 0.29) is 0 Å². The van der Waals surface area contributed by atoms with Gasteiger partial charge in [0, 0.05) is 18.6 Å². The molecule has 0 amide bonds. The second kappa shape index (κ2) is 5.62. The summed E-state index contributed by atoms with van der Waals surface area (Å²) in [5, 5.41) is 6.39. The van der Waals surface area contributed by atoms with Crippen LogP contribution in [0.25, 0.3) is 0 Å². The molecule has 0 aromatic carbocycles. The van der Waals surface area contributed by atoms with Gasteiger partial charge in [-0.2, -0.15) is 0 Å². The van der Waals surface area contributed by atoms with E-state index in [9.17, 15) is 8.42 Å². The van der Waals surface area contributed by atoms with Crippen molar-refractivity contribution < 1.29 is 8.42 Å². The van der Waals surface area contributed by atoms with E-state index in [2.05, 4.69) is 15.4 Å². The highest BCUT2D eigenvalue weighted by molar-refractivity contribution is 7.88. The van der Waals surface area contributed by atoms with Crippen molar-refractivity contribution in [2.45, 2.75) is 26.3 Å². The zero-order valence-electron chi connectivity index (χ0n) is 9.55. The molecule has 0 heterocycles. The van der Waals surface area contributed by atoms with Gasteiger partial charge < -0.3 is 10.6 Å². The van der Waals surface area contributed by atoms with E-state index >= 15 is 0 Å². The van der Waals surface area contributed by atoms with Crippen LogP contribution in [0, 0.1) is 0 Å². The molecule has 0 aromatic heterocycles. The molecule has 5 nitrogen and oxygen atoms in total. The quantitative estimate of drug-likeness (QED) is 0.592. The summed E-state index contributed by atoms with van der Waals surface area (Å²) in [6.07, 6.45) is 1.14. The van der Waals surface area contributed by atoms with E-state index < -0.39 is 15.6 Å². The van der Waals surface area contributed by atoms with E-state index in [0.717, 1.165) is 12.8 Å². The van der Waals surface area contributed by atoms with Gasteiger partial charge in [-0.3, -0.25) is 0 Å². The van der Waals surface area contributed by atoms with Crippen LogP contribution >= 0.6 is 12.2 Å². The van der Waals surface area contributed by atoms with Crippen LogP contribution in [-0.2, 0) is 10.0 Å². The second-order valence-electron chi connectivity index (χ2n) is 3.97. The molecule has 0 spiro atoms. The highest BCUT2D eigenvalue weighted by Gasteiger charge is 2.21. The van der Waals surface area contributed by atoms with Crippen molar-refractivity contribution in [3.05, 3.63) is 0 Å². The average Bonchev–Trinajstić information content (AvgIpc) is 1.97. The highest BCUT2D eigenvalue weighted by atomic mass is 32.2. The van der Waals surface area contributed by atoms with Gasteiger partial charge >= 0.3 is 0 Å². The minimum atomic E-state index is -3.20. The molecule has 0 aliphatic heterocycles. The van der Waals surface area contributed by atoms with Gasteiger partial charge in [0.2, 0.25) is 10.0 Å². The number of hydrogen-bond donors (Lipinski definition) is 3. The van der Waals surface area contributed by atoms with Crippen LogP contribution < -0.4 is 15.4 Å². The number of hydrogen-bond acceptors (Lipinski definition) is 3. The summed E-state index contributed by atoms with van der Waals surface area (Å²) in [5.74, 6) is 0. The first-order chi connectivity index (χ1) is 6.66. The minimum Gasteiger partial charge on any atom is -0.363 e. The SMILES string of the molecule is CCNC(=S)NCC(C)(C)NS(C)(=O)=O. The molecule has 0 unspecified atom stereocenters. The predicted octanol–water partition coefficient (Wildman–Crippen LogP) is -0.202. The van der Waals surface area contributed by atoms with E-state index in [1.165, 1.54) is 0 Å². The number of rotatable bonds is 5. The lowest BCUT2D eigenvalue weighted by Crippen LogP contribution is -2.52. The summed E-state index contributed by atoms with van der Waals surface area (Å²) in [4.78, 5) is 0. The topological polar surface area (TPSA) is 70.2 Å². The van der Waals surface area contributed by atoms with Gasteiger partial charge in [-0.15, -0.1) is 0 Å². The van der Waals surface area contributed by atoms with Crippen LogP contribution in [0.15, 0.2) is 0 Å². The van der Waals surface area contributed by atoms with Crippen molar-refractivity contribution in [3.63, 3.8) is 0 Å². The van der Waals surface area contributed by atoms with Gasteiger partial charge in [0.05, 0.1) is 6.26 Å². The number of thiocarbonyl (C=S) groups is 1. The maximum absolute atomic E-state index is 11.0. The van der Waals surface area contributed by atoms with Crippen molar-refractivity contribution in [1.82, 2.24) is 15.4 Å². The Bertz CT molecular complexity index is 312. The molecule has 0 saturated carbocycles. The summed E-state index contributed by atoms with van der Waals surface area (Å²) in [7, 11) is -3.20. The Morgan fingerprint density at radius 1 is 1.33 bits per heavy atom. The predicted molar refractivity (Wildman–Crippen MR) is 66.3 cm³/mol. The summed E-state index contributed by atoms with van der Waals surface area (Å²) in [6, 6.07) is 0. The largest absolute Gasteiger partial charge is 0.363 e. The first-order valence-electron chi connectivity index (χ1n) is 4.67. The molecule has 0 aliphatic rings. The van der Waals surface area contributed by atoms with Gasteiger partial charge in [-0.1, -0.05) is 0 Å². The molecule has 7 heteroatoms. The zero-order chi connectivity index (χ0) is 12.1. The van der Waals surface area contributed by atoms with E-state index in [0.29, 0.717) is 11.7 Å². The summed E-state index contributed by atoms with van der Waals surface area (Å²) in [5.41, 5.74) is -0.562. The summed E-state index contributed by atoms with van der Waals surface area (Å²) < 4.78 is 24.6. The first kappa shape index (κ1) is 14.6. The Kier molecular flexibility index (Phi) is 5.47. The van der Waals surface area contributed by atoms with Crippen molar-refractivity contribution in [2.24, 2.45) is 0 Å². The first-order valence-corrected chi connectivity index (χ1v) is 6.97. The molecule has 15 heavy (non-hydrogen) atoms. The Labute approximate surface area is 97.1 Å². The molecule has 0 radical (unpaired) electrons. The molecule has 3 N–H and O–H groups in total. The van der Waals surface area contributed by atoms with Gasteiger partial charge in [-0.25, -0.2) is 13.1 Å². The maximum atomic E-state index is 11.0. The van der Waals surface area contributed by atoms with Crippen LogP contribution in [-0.4, -0.2) is 38.4 Å². The molecule has 0 atom stereocenters. The molecule has 0 fully saturated rings. The number of nitrogens with one attached hydrogen (secondary N) is 3. The molecule has 0 bridgehead atoms. The van der Waals surface area contributed by atoms with Crippen LogP contribution in [0.1, 0.15) is 20.8 Å². The molecule has 90 valence electrons. The standard InChI is InChI=1S/C8H19N3O2S2/c1-5-9-7(14)10-6-8(2,3)11-15(4,12)13/h11H,5-6H2,1-4H3,(H2,9,10,14). The van der Waals surface area contributed by atoms with Crippen molar-refractivity contribution >= 4 is 27.4 Å². The normalized spacial score (nSPS) is 12.3. The van der Waals surface area contributed by atoms with Crippen LogP contribution in [0.4, 0.5) is 0 Å². The highest BCUT2D eigenvalue weighted by Crippen LogP contribution is 2.01. The van der Waals surface area contributed by atoms with Gasteiger partial charge in [0.1, 0.15) is 0 Å². The Balaban J connectivity index is 4.10. The van der Waals surface area contributed by atoms with E-state index in [4.69, 9.17) is 12.2 Å². The second-order valence-corrected chi connectivity index (χ2v) is 6.13. The lowest BCUT2D eigenvalue weighted by molar-refractivity contribution is 0.448. The van der Waals surface area contributed by atoms with Crippen LogP contribution in [0.2, 0.25) is 0 Å². The third-order valence-electron chi connectivity index (χ3n) is 1.49. The van der Waals surface area contributed by atoms with E-state index in [1.54, 1.807) is 13.8 Å². The Morgan fingerprint density at radius 3 is 2.27 bits per heavy atom. The smallest absolute Gasteiger partial charge is 0.209 e. The van der Waals surface area contributed by atoms with Crippen molar-refractivity contribution in [3.8, 4) is 0 Å². The van der Waals surface area contributed by atoms with Crippen LogP contribution in [0.5, 0.6) is 0 Å². The van der Waals surface area contributed by atoms with Gasteiger partial charge in [-0.05, 0) is 33.0 Å². The molecule has 0 rings (SSSR count). The summed E-state index contributed by atoms with van der Waals surface area (Å²) in [6.45, 7) is 6.69. The third-order valence-corrected chi connectivity index (χ3v) is 2.70. The summed E-state index contributed by atoms with van der Waals surface area (Å²) >= 11 is 4.96. The fourth-order valence-electron chi connectivity index (χ4n) is 1.06. The molecular formula is C8H19N3O2S2. The fourth-order valence-corrected chi connectivity index (χ4v) is 2.35. The van der Waals surface area contributed by atoms with Crippen LogP contribution in [0.3, 0.4) is 0 Å². The lowest BCUT2D eigenvalue weighted by Gasteiger charge is -2.26. The molecule has 0 aliphatic carbocycles. The lowest BCUT2D eigenvalue weighted by atomic mass is 10.1. The Hall–Kier alpha value is -0.400. The van der Waals surface area contributed by atoms with Crippen molar-refractivity contribution in [1.29, 1.82) is 0 Å².